The molecule has 0 aliphatic carbocycles. The molecule has 1 aromatic heterocycles. The molecule has 1 fully saturated rings. The Morgan fingerprint density at radius 1 is 1.08 bits per heavy atom. The first kappa shape index (κ1) is 27.2. The summed E-state index contributed by atoms with van der Waals surface area (Å²) in [6, 6.07) is 12.5. The molecule has 2 aromatic carbocycles. The predicted molar refractivity (Wildman–Crippen MR) is 161 cm³/mol. The van der Waals surface area contributed by atoms with Crippen LogP contribution >= 0.6 is 11.6 Å². The second-order valence-electron chi connectivity index (χ2n) is 10.8. The Morgan fingerprint density at radius 2 is 1.87 bits per heavy atom. The second kappa shape index (κ2) is 11.4. The average molecular weight is 548 g/mol. The number of aromatic nitrogens is 2. The van der Waals surface area contributed by atoms with Crippen LogP contribution in [0.25, 0.3) is 0 Å². The number of halogens is 1. The number of nitrogens with zero attached hydrogens (tertiary/aromatic N) is 4. The highest BCUT2D eigenvalue weighted by Crippen LogP contribution is 2.40. The number of amides is 1. The molecule has 206 valence electrons. The third kappa shape index (κ3) is 5.68. The van der Waals surface area contributed by atoms with E-state index in [0.717, 1.165) is 68.1 Å². The van der Waals surface area contributed by atoms with E-state index in [-0.39, 0.29) is 5.91 Å². The zero-order valence-electron chi connectivity index (χ0n) is 23.3. The van der Waals surface area contributed by atoms with Crippen LogP contribution in [-0.4, -0.2) is 53.5 Å². The summed E-state index contributed by atoms with van der Waals surface area (Å²) in [5.41, 5.74) is 5.83. The van der Waals surface area contributed by atoms with Crippen LogP contribution in [0.3, 0.4) is 0 Å². The molecule has 39 heavy (non-hydrogen) atoms. The van der Waals surface area contributed by atoms with Gasteiger partial charge in [0.05, 0.1) is 11.6 Å². The Hall–Kier alpha value is -3.36. The van der Waals surface area contributed by atoms with Crippen LogP contribution in [0.1, 0.15) is 50.8 Å². The topological polar surface area (TPSA) is 85.4 Å². The third-order valence-electron chi connectivity index (χ3n) is 7.82. The van der Waals surface area contributed by atoms with Gasteiger partial charge in [-0.15, -0.1) is 0 Å². The van der Waals surface area contributed by atoms with Crippen LogP contribution in [0.5, 0.6) is 0 Å². The van der Waals surface area contributed by atoms with Crippen molar-refractivity contribution in [1.82, 2.24) is 14.9 Å². The van der Waals surface area contributed by atoms with E-state index in [4.69, 9.17) is 16.6 Å². The van der Waals surface area contributed by atoms with Crippen LogP contribution < -0.4 is 20.9 Å². The van der Waals surface area contributed by atoms with E-state index in [9.17, 15) is 4.79 Å². The van der Waals surface area contributed by atoms with Gasteiger partial charge in [0, 0.05) is 49.8 Å². The predicted octanol–water partition coefficient (Wildman–Crippen LogP) is 5.81. The van der Waals surface area contributed by atoms with Crippen molar-refractivity contribution in [2.45, 2.75) is 52.5 Å². The fourth-order valence-electron chi connectivity index (χ4n) is 5.53. The number of aryl methyl sites for hydroxylation is 1. The maximum Gasteiger partial charge on any atom is 0.234 e. The molecule has 3 heterocycles. The highest BCUT2D eigenvalue weighted by Gasteiger charge is 2.39. The van der Waals surface area contributed by atoms with Gasteiger partial charge in [0.15, 0.2) is 5.82 Å². The molecule has 0 spiro atoms. The Kier molecular flexibility index (Phi) is 7.96. The number of anilines is 5. The lowest BCUT2D eigenvalue weighted by atomic mass is 9.83. The lowest BCUT2D eigenvalue weighted by Gasteiger charge is -2.35. The number of carbonyl (C=O) groups is 1. The van der Waals surface area contributed by atoms with Gasteiger partial charge in [-0.1, -0.05) is 44.0 Å². The number of hydrogen-bond donors (Lipinski definition) is 3. The number of benzene rings is 2. The number of piperazine rings is 1. The minimum atomic E-state index is -0.596. The van der Waals surface area contributed by atoms with E-state index in [1.807, 2.05) is 32.0 Å². The highest BCUT2D eigenvalue weighted by atomic mass is 35.5. The van der Waals surface area contributed by atoms with E-state index in [1.54, 1.807) is 6.20 Å². The maximum absolute atomic E-state index is 12.5. The molecule has 1 amide bonds. The first-order valence-electron chi connectivity index (χ1n) is 13.9. The minimum absolute atomic E-state index is 0.00799. The Morgan fingerprint density at radius 3 is 2.62 bits per heavy atom. The minimum Gasteiger partial charge on any atom is -0.369 e. The number of carbonyl (C=O) groups excluding carboxylic acids is 1. The number of hydrogen-bond acceptors (Lipinski definition) is 7. The summed E-state index contributed by atoms with van der Waals surface area (Å²) >= 11 is 6.48. The summed E-state index contributed by atoms with van der Waals surface area (Å²) in [4.78, 5) is 26.6. The molecule has 0 saturated carbocycles. The number of likely N-dealkylation sites (N-methyl/N-ethyl adjacent to an activating group) is 1. The van der Waals surface area contributed by atoms with E-state index in [0.29, 0.717) is 23.3 Å². The molecule has 1 saturated heterocycles. The fourth-order valence-corrected chi connectivity index (χ4v) is 5.69. The normalized spacial score (nSPS) is 16.6. The summed E-state index contributed by atoms with van der Waals surface area (Å²) in [5, 5.41) is 10.2. The number of rotatable bonds is 9. The average Bonchev–Trinajstić information content (AvgIpc) is 3.18. The Bertz CT molecular complexity index is 1350. The lowest BCUT2D eigenvalue weighted by Crippen LogP contribution is -2.46. The van der Waals surface area contributed by atoms with Crippen LogP contribution in [0.4, 0.5) is 28.8 Å². The molecule has 2 aliphatic rings. The van der Waals surface area contributed by atoms with Crippen molar-refractivity contribution in [2.24, 2.45) is 0 Å². The van der Waals surface area contributed by atoms with E-state index in [1.165, 1.54) is 11.3 Å². The molecule has 5 rings (SSSR count). The van der Waals surface area contributed by atoms with E-state index in [2.05, 4.69) is 62.8 Å². The Balaban J connectivity index is 1.32. The smallest absolute Gasteiger partial charge is 0.234 e. The monoisotopic (exact) mass is 547 g/mol. The quantitative estimate of drug-likeness (QED) is 0.312. The fraction of sp³-hybridized carbons (Fsp3) is 0.433. The largest absolute Gasteiger partial charge is 0.369 e. The molecule has 3 N–H and O–H groups in total. The zero-order chi connectivity index (χ0) is 27.6. The van der Waals surface area contributed by atoms with Gasteiger partial charge in [-0.05, 0) is 67.8 Å². The second-order valence-corrected chi connectivity index (χ2v) is 11.2. The van der Waals surface area contributed by atoms with Crippen LogP contribution in [0.2, 0.25) is 5.02 Å². The highest BCUT2D eigenvalue weighted by molar-refractivity contribution is 6.32. The SMILES string of the molecule is CCCc1cc(N2CCN(CC)CC2)ccc1Nc1ncc(Cl)c(NCc2cccc3c2C(C)(C)C(=O)N3)n1. The summed E-state index contributed by atoms with van der Waals surface area (Å²) in [5.74, 6) is 1.04. The van der Waals surface area contributed by atoms with E-state index < -0.39 is 5.41 Å². The molecule has 0 radical (unpaired) electrons. The van der Waals surface area contributed by atoms with E-state index >= 15 is 0 Å². The molecule has 0 atom stereocenters. The first-order valence-corrected chi connectivity index (χ1v) is 14.3. The summed E-state index contributed by atoms with van der Waals surface area (Å²) in [6.45, 7) is 14.2. The van der Waals surface area contributed by atoms with Crippen LogP contribution in [0.15, 0.2) is 42.6 Å². The van der Waals surface area contributed by atoms with Crippen molar-refractivity contribution >= 4 is 46.3 Å². The molecule has 8 nitrogen and oxygen atoms in total. The van der Waals surface area contributed by atoms with Gasteiger partial charge in [0.25, 0.3) is 0 Å². The summed E-state index contributed by atoms with van der Waals surface area (Å²) < 4.78 is 0. The standard InChI is InChI=1S/C30H38ClN7O/c1-5-8-20-17-22(38-15-13-37(6-2)14-16-38)11-12-24(20)35-29-33-19-23(31)27(36-29)32-18-21-9-7-10-25-26(21)30(3,4)28(39)34-25/h7,9-12,17,19H,5-6,8,13-16,18H2,1-4H3,(H,34,39)(H2,32,33,35,36). The summed E-state index contributed by atoms with van der Waals surface area (Å²) in [7, 11) is 0. The molecule has 3 aromatic rings. The Labute approximate surface area is 236 Å². The molecule has 0 unspecified atom stereocenters. The molecule has 0 bridgehead atoms. The van der Waals surface area contributed by atoms with Gasteiger partial charge in [-0.2, -0.15) is 4.98 Å². The van der Waals surface area contributed by atoms with Gasteiger partial charge in [-0.25, -0.2) is 4.98 Å². The molecule has 2 aliphatic heterocycles. The number of nitrogens with one attached hydrogen (secondary N) is 3. The third-order valence-corrected chi connectivity index (χ3v) is 8.10. The molecular weight excluding hydrogens is 510 g/mol. The van der Waals surface area contributed by atoms with Crippen LogP contribution in [-0.2, 0) is 23.2 Å². The van der Waals surface area contributed by atoms with Gasteiger partial charge in [0.1, 0.15) is 5.02 Å². The van der Waals surface area contributed by atoms with Crippen molar-refractivity contribution in [2.75, 3.05) is 53.6 Å². The van der Waals surface area contributed by atoms with Crippen molar-refractivity contribution < 1.29 is 4.79 Å². The summed E-state index contributed by atoms with van der Waals surface area (Å²) in [6.07, 6.45) is 3.63. The first-order chi connectivity index (χ1) is 18.8. The molecular formula is C30H38ClN7O. The van der Waals surface area contributed by atoms with Crippen molar-refractivity contribution in [3.05, 3.63) is 64.3 Å². The van der Waals surface area contributed by atoms with Gasteiger partial charge >= 0.3 is 0 Å². The van der Waals surface area contributed by atoms with Crippen molar-refractivity contribution in [3.8, 4) is 0 Å². The lowest BCUT2D eigenvalue weighted by molar-refractivity contribution is -0.119. The van der Waals surface area contributed by atoms with Crippen LogP contribution in [0, 0.1) is 0 Å². The maximum atomic E-state index is 12.5. The molecule has 9 heteroatoms. The number of fused-ring (bicyclic) bond motifs is 1. The van der Waals surface area contributed by atoms with Crippen molar-refractivity contribution in [3.63, 3.8) is 0 Å². The van der Waals surface area contributed by atoms with Gasteiger partial charge in [-0.3, -0.25) is 4.79 Å². The van der Waals surface area contributed by atoms with Gasteiger partial charge in [0.2, 0.25) is 11.9 Å². The zero-order valence-corrected chi connectivity index (χ0v) is 24.0. The van der Waals surface area contributed by atoms with Gasteiger partial charge < -0.3 is 25.8 Å². The van der Waals surface area contributed by atoms with Crippen molar-refractivity contribution in [1.29, 1.82) is 0 Å².